The fraction of sp³-hybridized carbons (Fsp3) is 0.0455. The lowest BCUT2D eigenvalue weighted by atomic mass is 10.0. The van der Waals surface area contributed by atoms with Crippen molar-refractivity contribution in [1.29, 1.82) is 0 Å². The van der Waals surface area contributed by atoms with Gasteiger partial charge in [-0.3, -0.25) is 9.59 Å². The Balaban J connectivity index is 1.26. The Hall–Kier alpha value is -7.06. The van der Waals surface area contributed by atoms with E-state index in [1.165, 1.54) is 13.8 Å². The van der Waals surface area contributed by atoms with Gasteiger partial charge in [0.2, 0.25) is 0 Å². The third-order valence-corrected chi connectivity index (χ3v) is 8.49. The largest absolute Gasteiger partial charge is 0.427 e. The molecule has 0 saturated carbocycles. The third kappa shape index (κ3) is 6.60. The molecule has 0 bridgehead atoms. The SMILES string of the molecule is CC(=O)Oc1cccc(-c2nc3ccc(-c4ccc5nc(-c6ccccc6)c(-c6ccccc6)nc5c4)cc3nc2-c2cccc(OC(C)=O)c2)c1. The van der Waals surface area contributed by atoms with Crippen LogP contribution in [0.1, 0.15) is 13.8 Å². The van der Waals surface area contributed by atoms with Crippen LogP contribution < -0.4 is 9.47 Å². The fourth-order valence-corrected chi connectivity index (χ4v) is 6.21. The molecule has 0 aliphatic heterocycles. The summed E-state index contributed by atoms with van der Waals surface area (Å²) >= 11 is 0. The number of carbonyl (C=O) groups excluding carboxylic acids is 2. The van der Waals surface area contributed by atoms with E-state index in [-0.39, 0.29) is 0 Å². The molecule has 0 aliphatic rings. The maximum absolute atomic E-state index is 11.8. The summed E-state index contributed by atoms with van der Waals surface area (Å²) in [7, 11) is 0. The molecule has 8 heteroatoms. The molecule has 8 rings (SSSR count). The van der Waals surface area contributed by atoms with Crippen molar-refractivity contribution >= 4 is 34.0 Å². The Bertz CT molecular complexity index is 2640. The third-order valence-electron chi connectivity index (χ3n) is 8.49. The molecule has 6 aromatic carbocycles. The minimum absolute atomic E-state index is 0.392. The van der Waals surface area contributed by atoms with Crippen LogP contribution in [0.4, 0.5) is 0 Å². The molecule has 0 unspecified atom stereocenters. The van der Waals surface area contributed by atoms with Crippen LogP contribution in [0.15, 0.2) is 146 Å². The molecule has 8 nitrogen and oxygen atoms in total. The highest BCUT2D eigenvalue weighted by atomic mass is 16.5. The zero-order chi connectivity index (χ0) is 35.6. The van der Waals surface area contributed by atoms with Crippen molar-refractivity contribution in [2.75, 3.05) is 0 Å². The van der Waals surface area contributed by atoms with Crippen LogP contribution in [0.25, 0.3) is 78.2 Å². The van der Waals surface area contributed by atoms with E-state index in [1.54, 1.807) is 36.4 Å². The van der Waals surface area contributed by atoms with E-state index in [9.17, 15) is 9.59 Å². The number of ether oxygens (including phenoxy) is 2. The van der Waals surface area contributed by atoms with E-state index >= 15 is 0 Å². The normalized spacial score (nSPS) is 11.0. The lowest BCUT2D eigenvalue weighted by Gasteiger charge is -2.14. The quantitative estimate of drug-likeness (QED) is 0.121. The Morgan fingerprint density at radius 3 is 1.13 bits per heavy atom. The van der Waals surface area contributed by atoms with Crippen molar-refractivity contribution < 1.29 is 19.1 Å². The average molecular weight is 679 g/mol. The molecule has 2 heterocycles. The standard InChI is InChI=1S/C44H30N4O4/c1-27(49)51-35-17-9-15-33(23-35)43-44(34-16-10-18-36(24-34)52-28(2)50)48-40-26-32(20-22-38(40)46-43)31-19-21-37-39(25-31)47-42(30-13-7-4-8-14-30)41(45-37)29-11-5-3-6-12-29/h3-26H,1-2H3. The lowest BCUT2D eigenvalue weighted by Crippen LogP contribution is -2.02. The predicted molar refractivity (Wildman–Crippen MR) is 202 cm³/mol. The fourth-order valence-electron chi connectivity index (χ4n) is 6.21. The van der Waals surface area contributed by atoms with Crippen molar-refractivity contribution in [2.45, 2.75) is 13.8 Å². The maximum atomic E-state index is 11.8. The van der Waals surface area contributed by atoms with Gasteiger partial charge in [-0.25, -0.2) is 19.9 Å². The summed E-state index contributed by atoms with van der Waals surface area (Å²) in [6, 6.07) is 46.6. The minimum atomic E-state index is -0.423. The maximum Gasteiger partial charge on any atom is 0.308 e. The first-order chi connectivity index (χ1) is 25.4. The molecule has 0 N–H and O–H groups in total. The molecule has 0 radical (unpaired) electrons. The van der Waals surface area contributed by atoms with Crippen LogP contribution in [0.5, 0.6) is 11.5 Å². The van der Waals surface area contributed by atoms with Crippen molar-refractivity contribution in [3.63, 3.8) is 0 Å². The van der Waals surface area contributed by atoms with Gasteiger partial charge in [-0.1, -0.05) is 97.1 Å². The van der Waals surface area contributed by atoms with Crippen LogP contribution in [0.3, 0.4) is 0 Å². The second kappa shape index (κ2) is 13.7. The molecule has 52 heavy (non-hydrogen) atoms. The van der Waals surface area contributed by atoms with E-state index in [2.05, 4.69) is 30.3 Å². The summed E-state index contributed by atoms with van der Waals surface area (Å²) in [6.45, 7) is 2.72. The average Bonchev–Trinajstić information content (AvgIpc) is 3.17. The van der Waals surface area contributed by atoms with Gasteiger partial charge in [0.15, 0.2) is 0 Å². The van der Waals surface area contributed by atoms with Gasteiger partial charge in [0, 0.05) is 36.1 Å². The molecule has 0 atom stereocenters. The number of carbonyl (C=O) groups is 2. The van der Waals surface area contributed by atoms with Crippen molar-refractivity contribution in [2.24, 2.45) is 0 Å². The van der Waals surface area contributed by atoms with Crippen LogP contribution in [-0.2, 0) is 9.59 Å². The molecular formula is C44H30N4O4. The minimum Gasteiger partial charge on any atom is -0.427 e. The monoisotopic (exact) mass is 678 g/mol. The molecule has 0 amide bonds. The van der Waals surface area contributed by atoms with Crippen molar-refractivity contribution in [1.82, 2.24) is 19.9 Å². The Kier molecular flexibility index (Phi) is 8.46. The molecular weight excluding hydrogens is 649 g/mol. The number of aromatic nitrogens is 4. The number of esters is 2. The van der Waals surface area contributed by atoms with Crippen LogP contribution >= 0.6 is 0 Å². The first kappa shape index (κ1) is 32.2. The molecule has 2 aromatic heterocycles. The van der Waals surface area contributed by atoms with Crippen molar-refractivity contribution in [3.05, 3.63) is 146 Å². The van der Waals surface area contributed by atoms with Crippen LogP contribution in [0.2, 0.25) is 0 Å². The summed E-state index contributed by atoms with van der Waals surface area (Å²) in [5.41, 5.74) is 11.0. The first-order valence-electron chi connectivity index (χ1n) is 16.7. The van der Waals surface area contributed by atoms with Gasteiger partial charge >= 0.3 is 11.9 Å². The highest BCUT2D eigenvalue weighted by Crippen LogP contribution is 2.36. The molecule has 0 aliphatic carbocycles. The highest BCUT2D eigenvalue weighted by Gasteiger charge is 2.17. The second-order valence-electron chi connectivity index (χ2n) is 12.2. The van der Waals surface area contributed by atoms with E-state index in [4.69, 9.17) is 29.4 Å². The highest BCUT2D eigenvalue weighted by molar-refractivity contribution is 5.92. The van der Waals surface area contributed by atoms with Gasteiger partial charge in [0.1, 0.15) is 11.5 Å². The smallest absolute Gasteiger partial charge is 0.308 e. The molecule has 8 aromatic rings. The van der Waals surface area contributed by atoms with E-state index in [1.807, 2.05) is 78.9 Å². The Morgan fingerprint density at radius 1 is 0.365 bits per heavy atom. The van der Waals surface area contributed by atoms with E-state index < -0.39 is 11.9 Å². The lowest BCUT2D eigenvalue weighted by molar-refractivity contribution is -0.132. The number of benzene rings is 6. The van der Waals surface area contributed by atoms with Crippen LogP contribution in [-0.4, -0.2) is 31.9 Å². The number of hydrogen-bond donors (Lipinski definition) is 0. The molecule has 0 fully saturated rings. The first-order valence-corrected chi connectivity index (χ1v) is 16.7. The van der Waals surface area contributed by atoms with E-state index in [0.29, 0.717) is 45.0 Å². The topological polar surface area (TPSA) is 104 Å². The van der Waals surface area contributed by atoms with Crippen molar-refractivity contribution in [3.8, 4) is 67.7 Å². The van der Waals surface area contributed by atoms with E-state index in [0.717, 1.165) is 44.7 Å². The van der Waals surface area contributed by atoms with Gasteiger partial charge in [-0.15, -0.1) is 0 Å². The summed E-state index contributed by atoms with van der Waals surface area (Å²) in [5, 5.41) is 0. The number of hydrogen-bond acceptors (Lipinski definition) is 8. The zero-order valence-corrected chi connectivity index (χ0v) is 28.3. The summed E-state index contributed by atoms with van der Waals surface area (Å²) in [4.78, 5) is 44.0. The van der Waals surface area contributed by atoms with Crippen LogP contribution in [0, 0.1) is 0 Å². The number of nitrogens with zero attached hydrogens (tertiary/aromatic N) is 4. The van der Waals surface area contributed by atoms with Gasteiger partial charge in [-0.05, 0) is 59.7 Å². The van der Waals surface area contributed by atoms with Gasteiger partial charge in [-0.2, -0.15) is 0 Å². The Morgan fingerprint density at radius 2 is 0.731 bits per heavy atom. The van der Waals surface area contributed by atoms with Gasteiger partial charge < -0.3 is 9.47 Å². The Labute approximate surface area is 299 Å². The summed E-state index contributed by atoms with van der Waals surface area (Å²) in [6.07, 6.45) is 0. The molecule has 250 valence electrons. The summed E-state index contributed by atoms with van der Waals surface area (Å²) in [5.74, 6) is -0.0560. The molecule has 0 spiro atoms. The predicted octanol–water partition coefficient (Wildman–Crippen LogP) is 9.76. The van der Waals surface area contributed by atoms with Gasteiger partial charge in [0.05, 0.1) is 44.8 Å². The molecule has 0 saturated heterocycles. The number of rotatable bonds is 7. The second-order valence-corrected chi connectivity index (χ2v) is 12.2. The summed E-state index contributed by atoms with van der Waals surface area (Å²) < 4.78 is 10.8. The van der Waals surface area contributed by atoms with Gasteiger partial charge in [0.25, 0.3) is 0 Å². The zero-order valence-electron chi connectivity index (χ0n) is 28.3. The number of fused-ring (bicyclic) bond motifs is 2.